The number of anilines is 2. The number of halogens is 1. The van der Waals surface area contributed by atoms with Gasteiger partial charge in [-0.3, -0.25) is 9.44 Å². The largest absolute Gasteiger partial charge is 0.296 e. The van der Waals surface area contributed by atoms with E-state index in [4.69, 9.17) is 16.7 Å². The molecule has 0 aliphatic rings. The van der Waals surface area contributed by atoms with Crippen molar-refractivity contribution in [3.8, 4) is 0 Å². The van der Waals surface area contributed by atoms with E-state index in [2.05, 4.69) is 4.72 Å². The minimum absolute atomic E-state index is 0.141. The number of benzene rings is 1. The number of nitrogens with two attached hydrogens (primary N) is 1. The highest BCUT2D eigenvalue weighted by Crippen LogP contribution is 2.17. The smallest absolute Gasteiger partial charge is 0.282 e. The maximum Gasteiger partial charge on any atom is 0.296 e. The van der Waals surface area contributed by atoms with Crippen LogP contribution in [-0.2, 0) is 20.2 Å². The lowest BCUT2D eigenvalue weighted by atomic mass is 10.3. The first kappa shape index (κ1) is 14.0. The molecule has 0 radical (unpaired) electrons. The van der Waals surface area contributed by atoms with Crippen LogP contribution in [0.25, 0.3) is 0 Å². The van der Waals surface area contributed by atoms with Crippen LogP contribution < -0.4 is 14.6 Å². The lowest BCUT2D eigenvalue weighted by molar-refractivity contribution is 0.602. The summed E-state index contributed by atoms with van der Waals surface area (Å²) >= 11 is 5.21. The van der Waals surface area contributed by atoms with Gasteiger partial charge in [-0.2, -0.15) is 8.42 Å². The Morgan fingerprint density at radius 3 is 2.12 bits per heavy atom. The van der Waals surface area contributed by atoms with Crippen molar-refractivity contribution in [2.45, 2.75) is 0 Å². The summed E-state index contributed by atoms with van der Waals surface area (Å²) in [6, 6.07) is 5.59. The van der Waals surface area contributed by atoms with Gasteiger partial charge in [-0.1, -0.05) is 6.07 Å². The third-order valence-electron chi connectivity index (χ3n) is 1.54. The average molecular weight is 300 g/mol. The highest BCUT2D eigenvalue weighted by atomic mass is 35.5. The van der Waals surface area contributed by atoms with E-state index in [-0.39, 0.29) is 11.4 Å². The van der Waals surface area contributed by atoms with Crippen LogP contribution >= 0.6 is 11.6 Å². The summed E-state index contributed by atoms with van der Waals surface area (Å²) in [6.45, 7) is 0. The highest BCUT2D eigenvalue weighted by molar-refractivity contribution is 7.93. The van der Waals surface area contributed by atoms with E-state index < -0.39 is 25.4 Å². The third kappa shape index (κ3) is 5.22. The zero-order valence-corrected chi connectivity index (χ0v) is 10.8. The van der Waals surface area contributed by atoms with Crippen LogP contribution in [0.3, 0.4) is 0 Å². The van der Waals surface area contributed by atoms with Crippen LogP contribution in [0, 0.1) is 0 Å². The van der Waals surface area contributed by atoms with E-state index in [1.54, 1.807) is 0 Å². The van der Waals surface area contributed by atoms with Crippen molar-refractivity contribution in [3.05, 3.63) is 24.3 Å². The Morgan fingerprint density at radius 1 is 1.12 bits per heavy atom. The standard InChI is InChI=1S/C7H10ClN3O4S2/c8-5-16(12,13)10-6-2-1-3-7(4-6)11-17(9,14)15/h1-4,10-11H,5H2,(H2,9,14,15). The Morgan fingerprint density at radius 2 is 1.65 bits per heavy atom. The van der Waals surface area contributed by atoms with E-state index in [0.29, 0.717) is 0 Å². The molecule has 0 aliphatic carbocycles. The van der Waals surface area contributed by atoms with E-state index in [1.165, 1.54) is 24.3 Å². The molecule has 0 aliphatic heterocycles. The molecular formula is C7H10ClN3O4S2. The van der Waals surface area contributed by atoms with Gasteiger partial charge < -0.3 is 0 Å². The fraction of sp³-hybridized carbons (Fsp3) is 0.143. The molecule has 0 spiro atoms. The third-order valence-corrected chi connectivity index (χ3v) is 3.76. The Bertz CT molecular complexity index is 599. The lowest BCUT2D eigenvalue weighted by Crippen LogP contribution is -2.21. The first-order valence-corrected chi connectivity index (χ1v) is 7.92. The molecule has 0 amide bonds. The summed E-state index contributed by atoms with van der Waals surface area (Å²) in [5.74, 6) is 0. The van der Waals surface area contributed by atoms with Crippen molar-refractivity contribution in [1.82, 2.24) is 0 Å². The number of nitrogens with one attached hydrogen (secondary N) is 2. The predicted octanol–water partition coefficient (Wildman–Crippen LogP) is 0.240. The summed E-state index contributed by atoms with van der Waals surface area (Å²) in [4.78, 5) is 0. The molecule has 4 N–H and O–H groups in total. The minimum Gasteiger partial charge on any atom is -0.282 e. The number of rotatable bonds is 5. The van der Waals surface area contributed by atoms with Crippen LogP contribution in [-0.4, -0.2) is 22.0 Å². The minimum atomic E-state index is -3.90. The van der Waals surface area contributed by atoms with E-state index in [1.807, 2.05) is 4.72 Å². The molecule has 0 fully saturated rings. The molecule has 0 saturated heterocycles. The maximum atomic E-state index is 11.2. The summed E-state index contributed by atoms with van der Waals surface area (Å²) < 4.78 is 48.0. The molecule has 0 unspecified atom stereocenters. The summed E-state index contributed by atoms with van der Waals surface area (Å²) in [5.41, 5.74) is 0.321. The molecule has 0 saturated carbocycles. The van der Waals surface area contributed by atoms with Crippen LogP contribution in [0.1, 0.15) is 0 Å². The molecule has 1 aromatic carbocycles. The van der Waals surface area contributed by atoms with E-state index in [9.17, 15) is 16.8 Å². The fourth-order valence-electron chi connectivity index (χ4n) is 1.02. The number of hydrogen-bond acceptors (Lipinski definition) is 4. The van der Waals surface area contributed by atoms with Gasteiger partial charge in [0.2, 0.25) is 10.0 Å². The Labute approximate surface area is 104 Å². The summed E-state index contributed by atoms with van der Waals surface area (Å²) in [6.07, 6.45) is 0. The zero-order valence-electron chi connectivity index (χ0n) is 8.42. The Hall–Kier alpha value is -1.03. The number of sulfonamides is 1. The Balaban J connectivity index is 2.95. The maximum absolute atomic E-state index is 11.2. The van der Waals surface area contributed by atoms with Crippen molar-refractivity contribution in [3.63, 3.8) is 0 Å². The molecule has 96 valence electrons. The average Bonchev–Trinajstić information content (AvgIpc) is 2.14. The predicted molar refractivity (Wildman–Crippen MR) is 66.4 cm³/mol. The summed E-state index contributed by atoms with van der Waals surface area (Å²) in [5, 5.41) is 4.17. The molecule has 0 aromatic heterocycles. The van der Waals surface area contributed by atoms with Crippen molar-refractivity contribution < 1.29 is 16.8 Å². The van der Waals surface area contributed by atoms with Crippen molar-refractivity contribution >= 4 is 43.2 Å². The van der Waals surface area contributed by atoms with Crippen molar-refractivity contribution in [1.29, 1.82) is 0 Å². The molecular weight excluding hydrogens is 290 g/mol. The van der Waals surface area contributed by atoms with Gasteiger partial charge in [0.1, 0.15) is 5.21 Å². The molecule has 0 heterocycles. The second-order valence-corrected chi connectivity index (χ2v) is 6.65. The second kappa shape index (κ2) is 5.08. The molecule has 1 rings (SSSR count). The van der Waals surface area contributed by atoms with Gasteiger partial charge in [-0.15, -0.1) is 11.6 Å². The monoisotopic (exact) mass is 299 g/mol. The molecule has 7 nitrogen and oxygen atoms in total. The van der Waals surface area contributed by atoms with Crippen LogP contribution in [0.5, 0.6) is 0 Å². The number of alkyl halides is 1. The topological polar surface area (TPSA) is 118 Å². The molecule has 17 heavy (non-hydrogen) atoms. The highest BCUT2D eigenvalue weighted by Gasteiger charge is 2.09. The van der Waals surface area contributed by atoms with Gasteiger partial charge in [0.05, 0.1) is 11.4 Å². The normalized spacial score (nSPS) is 12.1. The van der Waals surface area contributed by atoms with E-state index >= 15 is 0 Å². The number of hydrogen-bond donors (Lipinski definition) is 3. The Kier molecular flexibility index (Phi) is 4.20. The van der Waals surface area contributed by atoms with Gasteiger partial charge in [0, 0.05) is 0 Å². The lowest BCUT2D eigenvalue weighted by Gasteiger charge is -2.08. The first-order valence-electron chi connectivity index (χ1n) is 4.19. The molecule has 0 bridgehead atoms. The second-order valence-electron chi connectivity index (χ2n) is 3.05. The van der Waals surface area contributed by atoms with E-state index in [0.717, 1.165) is 0 Å². The van der Waals surface area contributed by atoms with Gasteiger partial charge in [-0.05, 0) is 18.2 Å². The van der Waals surface area contributed by atoms with Gasteiger partial charge in [-0.25, -0.2) is 13.6 Å². The first-order chi connectivity index (χ1) is 7.72. The zero-order chi connectivity index (χ0) is 13.1. The molecule has 0 atom stereocenters. The van der Waals surface area contributed by atoms with Crippen LogP contribution in [0.2, 0.25) is 0 Å². The SMILES string of the molecule is NS(=O)(=O)Nc1cccc(NS(=O)(=O)CCl)c1. The molecule has 1 aromatic rings. The van der Waals surface area contributed by atoms with Crippen molar-refractivity contribution in [2.75, 3.05) is 14.7 Å². The van der Waals surface area contributed by atoms with Crippen molar-refractivity contribution in [2.24, 2.45) is 5.14 Å². The van der Waals surface area contributed by atoms with Gasteiger partial charge >= 0.3 is 0 Å². The van der Waals surface area contributed by atoms with Crippen LogP contribution in [0.4, 0.5) is 11.4 Å². The van der Waals surface area contributed by atoms with Gasteiger partial charge in [0.25, 0.3) is 10.2 Å². The quantitative estimate of drug-likeness (QED) is 0.675. The fourth-order valence-corrected chi connectivity index (χ4v) is 2.18. The van der Waals surface area contributed by atoms with Crippen LogP contribution in [0.15, 0.2) is 24.3 Å². The summed E-state index contributed by atoms with van der Waals surface area (Å²) in [7, 11) is -7.52. The molecule has 10 heteroatoms. The van der Waals surface area contributed by atoms with Gasteiger partial charge in [0.15, 0.2) is 0 Å².